The zero-order chi connectivity index (χ0) is 10.8. The average Bonchev–Trinajstić information content (AvgIpc) is 2.61. The highest BCUT2D eigenvalue weighted by Crippen LogP contribution is 2.23. The first-order valence-electron chi connectivity index (χ1n) is 4.57. The van der Waals surface area contributed by atoms with Gasteiger partial charge < -0.3 is 5.73 Å². The standard InChI is InChI=1S/C10H11BrN4/c1-15-10(9(6-12)13-14-15)7-2-4-8(11)5-3-7/h2-5H,6,12H2,1H3. The summed E-state index contributed by atoms with van der Waals surface area (Å²) in [5.41, 5.74) is 8.48. The molecule has 0 fully saturated rings. The first kappa shape index (κ1) is 10.3. The summed E-state index contributed by atoms with van der Waals surface area (Å²) in [5.74, 6) is 0. The molecule has 78 valence electrons. The van der Waals surface area contributed by atoms with E-state index in [0.29, 0.717) is 6.54 Å². The van der Waals surface area contributed by atoms with Crippen LogP contribution in [-0.4, -0.2) is 15.0 Å². The second-order valence-electron chi connectivity index (χ2n) is 3.22. The van der Waals surface area contributed by atoms with Gasteiger partial charge in [-0.15, -0.1) is 5.10 Å². The minimum Gasteiger partial charge on any atom is -0.325 e. The first-order valence-corrected chi connectivity index (χ1v) is 5.36. The summed E-state index contributed by atoms with van der Waals surface area (Å²) < 4.78 is 2.79. The average molecular weight is 267 g/mol. The maximum atomic E-state index is 5.61. The van der Waals surface area contributed by atoms with E-state index in [4.69, 9.17) is 5.73 Å². The molecule has 0 unspecified atom stereocenters. The lowest BCUT2D eigenvalue weighted by Crippen LogP contribution is -2.00. The van der Waals surface area contributed by atoms with Gasteiger partial charge in [0.25, 0.3) is 0 Å². The first-order chi connectivity index (χ1) is 7.22. The van der Waals surface area contributed by atoms with Crippen LogP contribution in [0.2, 0.25) is 0 Å². The molecule has 2 rings (SSSR count). The highest BCUT2D eigenvalue weighted by atomic mass is 79.9. The van der Waals surface area contributed by atoms with Gasteiger partial charge in [0.05, 0.1) is 5.69 Å². The zero-order valence-corrected chi connectivity index (χ0v) is 9.90. The minimum atomic E-state index is 0.402. The van der Waals surface area contributed by atoms with Crippen molar-refractivity contribution in [1.29, 1.82) is 0 Å². The van der Waals surface area contributed by atoms with Crippen LogP contribution in [0.1, 0.15) is 5.69 Å². The molecule has 1 heterocycles. The third-order valence-electron chi connectivity index (χ3n) is 2.21. The van der Waals surface area contributed by atoms with Gasteiger partial charge in [0.1, 0.15) is 5.69 Å². The van der Waals surface area contributed by atoms with Crippen LogP contribution in [0, 0.1) is 0 Å². The molecule has 0 saturated carbocycles. The van der Waals surface area contributed by atoms with E-state index in [1.165, 1.54) is 0 Å². The fourth-order valence-electron chi connectivity index (χ4n) is 1.50. The number of benzene rings is 1. The van der Waals surface area contributed by atoms with Crippen molar-refractivity contribution >= 4 is 15.9 Å². The number of hydrogen-bond donors (Lipinski definition) is 1. The monoisotopic (exact) mass is 266 g/mol. The number of hydrogen-bond acceptors (Lipinski definition) is 3. The number of aromatic nitrogens is 3. The van der Waals surface area contributed by atoms with Crippen LogP contribution in [-0.2, 0) is 13.6 Å². The van der Waals surface area contributed by atoms with E-state index >= 15 is 0 Å². The lowest BCUT2D eigenvalue weighted by molar-refractivity contribution is 0.718. The summed E-state index contributed by atoms with van der Waals surface area (Å²) in [6.07, 6.45) is 0. The highest BCUT2D eigenvalue weighted by molar-refractivity contribution is 9.10. The molecule has 0 aliphatic heterocycles. The second-order valence-corrected chi connectivity index (χ2v) is 4.14. The quantitative estimate of drug-likeness (QED) is 0.901. The van der Waals surface area contributed by atoms with Crippen molar-refractivity contribution in [2.45, 2.75) is 6.54 Å². The molecule has 0 saturated heterocycles. The molecule has 0 amide bonds. The van der Waals surface area contributed by atoms with Gasteiger partial charge >= 0.3 is 0 Å². The molecular weight excluding hydrogens is 256 g/mol. The Morgan fingerprint density at radius 1 is 1.33 bits per heavy atom. The summed E-state index contributed by atoms with van der Waals surface area (Å²) in [7, 11) is 1.86. The molecule has 0 radical (unpaired) electrons. The molecule has 1 aromatic carbocycles. The predicted octanol–water partition coefficient (Wildman–Crippen LogP) is 1.70. The number of halogens is 1. The molecule has 0 bridgehead atoms. The topological polar surface area (TPSA) is 56.7 Å². The SMILES string of the molecule is Cn1nnc(CN)c1-c1ccc(Br)cc1. The number of aryl methyl sites for hydroxylation is 1. The van der Waals surface area contributed by atoms with Gasteiger partial charge in [-0.2, -0.15) is 0 Å². The molecule has 2 N–H and O–H groups in total. The lowest BCUT2D eigenvalue weighted by Gasteiger charge is -2.03. The van der Waals surface area contributed by atoms with Crippen molar-refractivity contribution in [2.75, 3.05) is 0 Å². The van der Waals surface area contributed by atoms with Crippen LogP contribution in [0.15, 0.2) is 28.7 Å². The number of rotatable bonds is 2. The minimum absolute atomic E-state index is 0.402. The van der Waals surface area contributed by atoms with Crippen molar-refractivity contribution in [3.05, 3.63) is 34.4 Å². The van der Waals surface area contributed by atoms with Crippen LogP contribution >= 0.6 is 15.9 Å². The van der Waals surface area contributed by atoms with Gasteiger partial charge in [-0.3, -0.25) is 0 Å². The van der Waals surface area contributed by atoms with Crippen molar-refractivity contribution < 1.29 is 0 Å². The summed E-state index contributed by atoms with van der Waals surface area (Å²) >= 11 is 3.40. The van der Waals surface area contributed by atoms with Crippen molar-refractivity contribution in [3.63, 3.8) is 0 Å². The molecule has 1 aromatic heterocycles. The largest absolute Gasteiger partial charge is 0.325 e. The van der Waals surface area contributed by atoms with Gasteiger partial charge in [0, 0.05) is 23.6 Å². The molecule has 5 heteroatoms. The molecule has 0 aliphatic rings. The van der Waals surface area contributed by atoms with Gasteiger partial charge in [-0.1, -0.05) is 33.3 Å². The molecule has 0 spiro atoms. The third-order valence-corrected chi connectivity index (χ3v) is 2.74. The summed E-state index contributed by atoms with van der Waals surface area (Å²) in [6.45, 7) is 0.402. The summed E-state index contributed by atoms with van der Waals surface area (Å²) in [4.78, 5) is 0. The zero-order valence-electron chi connectivity index (χ0n) is 8.31. The van der Waals surface area contributed by atoms with Gasteiger partial charge in [0.2, 0.25) is 0 Å². The fraction of sp³-hybridized carbons (Fsp3) is 0.200. The Morgan fingerprint density at radius 3 is 2.60 bits per heavy atom. The van der Waals surface area contributed by atoms with Crippen molar-refractivity contribution in [1.82, 2.24) is 15.0 Å². The summed E-state index contributed by atoms with van der Waals surface area (Å²) in [6, 6.07) is 8.01. The molecule has 2 aromatic rings. The fourth-order valence-corrected chi connectivity index (χ4v) is 1.76. The predicted molar refractivity (Wildman–Crippen MR) is 62.0 cm³/mol. The molecular formula is C10H11BrN4. The Labute approximate surface area is 96.2 Å². The van der Waals surface area contributed by atoms with Crippen LogP contribution in [0.25, 0.3) is 11.3 Å². The van der Waals surface area contributed by atoms with Crippen molar-refractivity contribution in [3.8, 4) is 11.3 Å². The summed E-state index contributed by atoms with van der Waals surface area (Å²) in [5, 5.41) is 7.97. The Hall–Kier alpha value is -1.20. The van der Waals surface area contributed by atoms with Crippen LogP contribution in [0.4, 0.5) is 0 Å². The molecule has 15 heavy (non-hydrogen) atoms. The Kier molecular flexibility index (Phi) is 2.83. The van der Waals surface area contributed by atoms with E-state index < -0.39 is 0 Å². The van der Waals surface area contributed by atoms with Crippen LogP contribution in [0.5, 0.6) is 0 Å². The van der Waals surface area contributed by atoms with E-state index in [9.17, 15) is 0 Å². The van der Waals surface area contributed by atoms with Gasteiger partial charge in [-0.05, 0) is 12.1 Å². The van der Waals surface area contributed by atoms with E-state index in [1.807, 2.05) is 31.3 Å². The molecule has 0 aliphatic carbocycles. The number of nitrogens with two attached hydrogens (primary N) is 1. The normalized spacial score (nSPS) is 10.6. The molecule has 0 atom stereocenters. The van der Waals surface area contributed by atoms with Gasteiger partial charge in [0.15, 0.2) is 0 Å². The lowest BCUT2D eigenvalue weighted by atomic mass is 10.1. The van der Waals surface area contributed by atoms with E-state index in [0.717, 1.165) is 21.4 Å². The van der Waals surface area contributed by atoms with E-state index in [1.54, 1.807) is 4.68 Å². The maximum Gasteiger partial charge on any atom is 0.104 e. The Balaban J connectivity index is 2.52. The smallest absolute Gasteiger partial charge is 0.104 e. The second kappa shape index (κ2) is 4.12. The van der Waals surface area contributed by atoms with Crippen molar-refractivity contribution in [2.24, 2.45) is 12.8 Å². The van der Waals surface area contributed by atoms with E-state index in [-0.39, 0.29) is 0 Å². The molecule has 4 nitrogen and oxygen atoms in total. The Bertz CT molecular complexity index is 461. The maximum absolute atomic E-state index is 5.61. The number of nitrogens with zero attached hydrogens (tertiary/aromatic N) is 3. The third kappa shape index (κ3) is 1.93. The van der Waals surface area contributed by atoms with Crippen LogP contribution in [0.3, 0.4) is 0 Å². The van der Waals surface area contributed by atoms with Crippen LogP contribution < -0.4 is 5.73 Å². The van der Waals surface area contributed by atoms with Gasteiger partial charge in [-0.25, -0.2) is 4.68 Å². The highest BCUT2D eigenvalue weighted by Gasteiger charge is 2.10. The van der Waals surface area contributed by atoms with E-state index in [2.05, 4.69) is 26.2 Å². The Morgan fingerprint density at radius 2 is 2.00 bits per heavy atom.